The van der Waals surface area contributed by atoms with Crippen LogP contribution in [-0.4, -0.2) is 12.5 Å². The van der Waals surface area contributed by atoms with Gasteiger partial charge in [0.1, 0.15) is 5.82 Å². The molecule has 3 heteroatoms. The van der Waals surface area contributed by atoms with E-state index in [9.17, 15) is 9.18 Å². The SMILES string of the molecule is CCC(CNC(=O)c1ccc(F)cc1)(CC(C)C)C(C)C. The first-order valence-corrected chi connectivity index (χ1v) is 7.84. The van der Waals surface area contributed by atoms with Gasteiger partial charge in [-0.2, -0.15) is 0 Å². The molecular weight excluding hydrogens is 265 g/mol. The summed E-state index contributed by atoms with van der Waals surface area (Å²) in [7, 11) is 0. The smallest absolute Gasteiger partial charge is 0.251 e. The molecule has 1 aromatic rings. The molecule has 21 heavy (non-hydrogen) atoms. The van der Waals surface area contributed by atoms with Gasteiger partial charge in [0.05, 0.1) is 0 Å². The molecule has 1 unspecified atom stereocenters. The summed E-state index contributed by atoms with van der Waals surface area (Å²) >= 11 is 0. The fourth-order valence-electron chi connectivity index (χ4n) is 2.96. The molecule has 2 nitrogen and oxygen atoms in total. The molecule has 0 aliphatic heterocycles. The van der Waals surface area contributed by atoms with Crippen LogP contribution in [0, 0.1) is 23.1 Å². The molecule has 0 saturated carbocycles. The van der Waals surface area contributed by atoms with Crippen LogP contribution in [0.2, 0.25) is 0 Å². The number of carbonyl (C=O) groups excluding carboxylic acids is 1. The Balaban J connectivity index is 2.76. The number of hydrogen-bond donors (Lipinski definition) is 1. The van der Waals surface area contributed by atoms with Crippen molar-refractivity contribution in [2.45, 2.75) is 47.5 Å². The van der Waals surface area contributed by atoms with Crippen molar-refractivity contribution >= 4 is 5.91 Å². The predicted molar refractivity (Wildman–Crippen MR) is 85.8 cm³/mol. The first-order valence-electron chi connectivity index (χ1n) is 7.84. The summed E-state index contributed by atoms with van der Waals surface area (Å²) in [5.41, 5.74) is 0.624. The van der Waals surface area contributed by atoms with Crippen LogP contribution in [0.4, 0.5) is 4.39 Å². The minimum absolute atomic E-state index is 0.115. The van der Waals surface area contributed by atoms with Crippen molar-refractivity contribution in [1.82, 2.24) is 5.32 Å². The highest BCUT2D eigenvalue weighted by molar-refractivity contribution is 5.94. The molecule has 0 heterocycles. The van der Waals surface area contributed by atoms with Gasteiger partial charge in [-0.3, -0.25) is 4.79 Å². The third kappa shape index (κ3) is 4.83. The second-order valence-electron chi connectivity index (χ2n) is 6.66. The lowest BCUT2D eigenvalue weighted by Gasteiger charge is -2.38. The number of carbonyl (C=O) groups is 1. The molecule has 0 aliphatic rings. The third-order valence-corrected chi connectivity index (χ3v) is 4.45. The Bertz CT molecular complexity index is 453. The van der Waals surface area contributed by atoms with Crippen LogP contribution in [0.15, 0.2) is 24.3 Å². The van der Waals surface area contributed by atoms with Gasteiger partial charge >= 0.3 is 0 Å². The zero-order chi connectivity index (χ0) is 16.0. The predicted octanol–water partition coefficient (Wildman–Crippen LogP) is 4.65. The molecule has 1 aromatic carbocycles. The average Bonchev–Trinajstić information content (AvgIpc) is 2.43. The normalized spacial score (nSPS) is 14.3. The van der Waals surface area contributed by atoms with Crippen molar-refractivity contribution in [2.24, 2.45) is 17.3 Å². The minimum Gasteiger partial charge on any atom is -0.351 e. The number of amides is 1. The van der Waals surface area contributed by atoms with Gasteiger partial charge in [0.25, 0.3) is 5.91 Å². The van der Waals surface area contributed by atoms with Crippen LogP contribution >= 0.6 is 0 Å². The zero-order valence-corrected chi connectivity index (χ0v) is 13.9. The molecule has 1 rings (SSSR count). The molecule has 0 aliphatic carbocycles. The number of hydrogen-bond acceptors (Lipinski definition) is 1. The Hall–Kier alpha value is -1.38. The summed E-state index contributed by atoms with van der Waals surface area (Å²) in [6.45, 7) is 11.7. The number of halogens is 1. The lowest BCUT2D eigenvalue weighted by molar-refractivity contribution is 0.0869. The monoisotopic (exact) mass is 293 g/mol. The Kier molecular flexibility index (Phi) is 6.38. The van der Waals surface area contributed by atoms with Crippen molar-refractivity contribution < 1.29 is 9.18 Å². The Morgan fingerprint density at radius 1 is 1.19 bits per heavy atom. The maximum Gasteiger partial charge on any atom is 0.251 e. The first-order chi connectivity index (χ1) is 9.80. The Morgan fingerprint density at radius 3 is 2.19 bits per heavy atom. The van der Waals surface area contributed by atoms with Gasteiger partial charge in [0.2, 0.25) is 0 Å². The summed E-state index contributed by atoms with van der Waals surface area (Å²) < 4.78 is 12.9. The second-order valence-corrected chi connectivity index (χ2v) is 6.66. The van der Waals surface area contributed by atoms with Gasteiger partial charge in [-0.1, -0.05) is 34.6 Å². The van der Waals surface area contributed by atoms with Crippen molar-refractivity contribution in [3.8, 4) is 0 Å². The number of nitrogens with one attached hydrogen (secondary N) is 1. The standard InChI is InChI=1S/C18H28FNO/c1-6-18(14(4)5,11-13(2)3)12-20-17(21)15-7-9-16(19)10-8-15/h7-10,13-14H,6,11-12H2,1-5H3,(H,20,21). The van der Waals surface area contributed by atoms with Gasteiger partial charge in [0.15, 0.2) is 0 Å². The molecule has 0 bridgehead atoms. The van der Waals surface area contributed by atoms with E-state index in [4.69, 9.17) is 0 Å². The van der Waals surface area contributed by atoms with E-state index in [2.05, 4.69) is 39.9 Å². The molecule has 0 radical (unpaired) electrons. The average molecular weight is 293 g/mol. The van der Waals surface area contributed by atoms with Crippen LogP contribution in [0.1, 0.15) is 57.8 Å². The molecular formula is C18H28FNO. The maximum absolute atomic E-state index is 12.9. The van der Waals surface area contributed by atoms with Crippen LogP contribution in [-0.2, 0) is 0 Å². The summed E-state index contributed by atoms with van der Waals surface area (Å²) in [6, 6.07) is 5.68. The summed E-state index contributed by atoms with van der Waals surface area (Å²) in [4.78, 5) is 12.2. The molecule has 0 spiro atoms. The molecule has 1 amide bonds. The third-order valence-electron chi connectivity index (χ3n) is 4.45. The fourth-order valence-corrected chi connectivity index (χ4v) is 2.96. The maximum atomic E-state index is 12.9. The van der Waals surface area contributed by atoms with E-state index in [0.717, 1.165) is 12.8 Å². The van der Waals surface area contributed by atoms with Crippen molar-refractivity contribution in [3.05, 3.63) is 35.6 Å². The van der Waals surface area contributed by atoms with Gasteiger partial charge in [-0.15, -0.1) is 0 Å². The molecule has 1 N–H and O–H groups in total. The fraction of sp³-hybridized carbons (Fsp3) is 0.611. The van der Waals surface area contributed by atoms with E-state index in [1.807, 2.05) is 0 Å². The largest absolute Gasteiger partial charge is 0.351 e. The van der Waals surface area contributed by atoms with Crippen LogP contribution in [0.3, 0.4) is 0 Å². The van der Waals surface area contributed by atoms with Crippen LogP contribution < -0.4 is 5.32 Å². The van der Waals surface area contributed by atoms with Gasteiger partial charge in [-0.25, -0.2) is 4.39 Å². The van der Waals surface area contributed by atoms with E-state index < -0.39 is 0 Å². The van der Waals surface area contributed by atoms with Gasteiger partial charge in [-0.05, 0) is 54.4 Å². The lowest BCUT2D eigenvalue weighted by atomic mass is 9.69. The number of benzene rings is 1. The quantitative estimate of drug-likeness (QED) is 0.778. The van der Waals surface area contributed by atoms with Crippen LogP contribution in [0.25, 0.3) is 0 Å². The van der Waals surface area contributed by atoms with Crippen LogP contribution in [0.5, 0.6) is 0 Å². The first kappa shape index (κ1) is 17.7. The van der Waals surface area contributed by atoms with Crippen molar-refractivity contribution in [3.63, 3.8) is 0 Å². The highest BCUT2D eigenvalue weighted by Crippen LogP contribution is 2.37. The van der Waals surface area contributed by atoms with Gasteiger partial charge in [0, 0.05) is 12.1 Å². The highest BCUT2D eigenvalue weighted by Gasteiger charge is 2.33. The lowest BCUT2D eigenvalue weighted by Crippen LogP contribution is -2.41. The van der Waals surface area contributed by atoms with E-state index in [0.29, 0.717) is 23.9 Å². The molecule has 0 saturated heterocycles. The molecule has 1 atom stereocenters. The molecule has 0 fully saturated rings. The zero-order valence-electron chi connectivity index (χ0n) is 13.9. The van der Waals surface area contributed by atoms with E-state index in [1.165, 1.54) is 24.3 Å². The number of rotatable bonds is 7. The molecule has 0 aromatic heterocycles. The van der Waals surface area contributed by atoms with Crippen molar-refractivity contribution in [1.29, 1.82) is 0 Å². The molecule has 118 valence electrons. The minimum atomic E-state index is -0.323. The van der Waals surface area contributed by atoms with Crippen molar-refractivity contribution in [2.75, 3.05) is 6.54 Å². The second kappa shape index (κ2) is 7.58. The summed E-state index contributed by atoms with van der Waals surface area (Å²) in [5.74, 6) is 0.641. The highest BCUT2D eigenvalue weighted by atomic mass is 19.1. The van der Waals surface area contributed by atoms with E-state index in [1.54, 1.807) is 0 Å². The Labute approximate surface area is 128 Å². The van der Waals surface area contributed by atoms with E-state index >= 15 is 0 Å². The Morgan fingerprint density at radius 2 is 1.76 bits per heavy atom. The summed E-state index contributed by atoms with van der Waals surface area (Å²) in [6.07, 6.45) is 2.12. The van der Waals surface area contributed by atoms with Gasteiger partial charge < -0.3 is 5.32 Å². The topological polar surface area (TPSA) is 29.1 Å². The summed E-state index contributed by atoms with van der Waals surface area (Å²) in [5, 5.41) is 3.04. The van der Waals surface area contributed by atoms with E-state index in [-0.39, 0.29) is 17.1 Å².